The third kappa shape index (κ3) is 4.26. The van der Waals surface area contributed by atoms with E-state index in [1.165, 1.54) is 5.56 Å². The van der Waals surface area contributed by atoms with Crippen LogP contribution in [0.4, 0.5) is 0 Å². The molecule has 0 unspecified atom stereocenters. The number of rotatable bonds is 4. The van der Waals surface area contributed by atoms with Crippen molar-refractivity contribution in [1.29, 1.82) is 0 Å². The summed E-state index contributed by atoms with van der Waals surface area (Å²) >= 11 is 0. The molecule has 0 fully saturated rings. The van der Waals surface area contributed by atoms with Gasteiger partial charge in [-0.3, -0.25) is 0 Å². The minimum Gasteiger partial charge on any atom is -0.300 e. The van der Waals surface area contributed by atoms with Gasteiger partial charge in [-0.05, 0) is 18.9 Å². The lowest BCUT2D eigenvalue weighted by molar-refractivity contribution is -0.116. The van der Waals surface area contributed by atoms with Crippen LogP contribution in [0, 0.1) is 0 Å². The first-order chi connectivity index (χ1) is 6.29. The minimum absolute atomic E-state index is 0.248. The molecular formula is C12H14O. The summed E-state index contributed by atoms with van der Waals surface area (Å²) in [5, 5.41) is 0. The lowest BCUT2D eigenvalue weighted by Crippen LogP contribution is -1.86. The SMILES string of the molecule is CC(=O)CC/C=C\c1ccccc1. The maximum absolute atomic E-state index is 10.6. The standard InChI is InChI=1S/C12H14O/c1-11(13)7-5-6-10-12-8-3-2-4-9-12/h2-4,6,8-10H,5,7H2,1H3/b10-6-. The molecule has 0 aromatic heterocycles. The fourth-order valence-corrected chi connectivity index (χ4v) is 1.07. The van der Waals surface area contributed by atoms with Crippen molar-refractivity contribution in [3.63, 3.8) is 0 Å². The second kappa shape index (κ2) is 5.31. The smallest absolute Gasteiger partial charge is 0.130 e. The van der Waals surface area contributed by atoms with E-state index in [1.54, 1.807) is 6.92 Å². The molecule has 13 heavy (non-hydrogen) atoms. The Labute approximate surface area is 79.1 Å². The quantitative estimate of drug-likeness (QED) is 0.685. The molecule has 68 valence electrons. The fourth-order valence-electron chi connectivity index (χ4n) is 1.07. The summed E-state index contributed by atoms with van der Waals surface area (Å²) in [5.74, 6) is 0.248. The Morgan fingerprint density at radius 1 is 1.31 bits per heavy atom. The number of carbonyl (C=O) groups is 1. The molecule has 0 bridgehead atoms. The van der Waals surface area contributed by atoms with Gasteiger partial charge in [0.2, 0.25) is 0 Å². The lowest BCUT2D eigenvalue weighted by atomic mass is 10.1. The second-order valence-electron chi connectivity index (χ2n) is 3.05. The Hall–Kier alpha value is -1.37. The Morgan fingerprint density at radius 2 is 2.00 bits per heavy atom. The van der Waals surface area contributed by atoms with Gasteiger partial charge in [0.25, 0.3) is 0 Å². The predicted octanol–water partition coefficient (Wildman–Crippen LogP) is 3.07. The van der Waals surface area contributed by atoms with Gasteiger partial charge in [-0.25, -0.2) is 0 Å². The van der Waals surface area contributed by atoms with Gasteiger partial charge in [-0.15, -0.1) is 0 Å². The molecule has 1 aromatic rings. The van der Waals surface area contributed by atoms with E-state index in [2.05, 4.69) is 0 Å². The van der Waals surface area contributed by atoms with Crippen molar-refractivity contribution in [3.8, 4) is 0 Å². The van der Waals surface area contributed by atoms with Crippen LogP contribution in [0.25, 0.3) is 6.08 Å². The highest BCUT2D eigenvalue weighted by atomic mass is 16.1. The van der Waals surface area contributed by atoms with Crippen LogP contribution in [0.15, 0.2) is 36.4 Å². The van der Waals surface area contributed by atoms with E-state index in [1.807, 2.05) is 42.5 Å². The van der Waals surface area contributed by atoms with Crippen LogP contribution in [0.1, 0.15) is 25.3 Å². The van der Waals surface area contributed by atoms with Crippen molar-refractivity contribution >= 4 is 11.9 Å². The van der Waals surface area contributed by atoms with Crippen LogP contribution in [0.5, 0.6) is 0 Å². The van der Waals surface area contributed by atoms with Crippen molar-refractivity contribution in [2.75, 3.05) is 0 Å². The fraction of sp³-hybridized carbons (Fsp3) is 0.250. The van der Waals surface area contributed by atoms with Gasteiger partial charge in [-0.1, -0.05) is 42.5 Å². The zero-order chi connectivity index (χ0) is 9.52. The average Bonchev–Trinajstić information content (AvgIpc) is 2.14. The van der Waals surface area contributed by atoms with Gasteiger partial charge in [0, 0.05) is 6.42 Å². The topological polar surface area (TPSA) is 17.1 Å². The maximum Gasteiger partial charge on any atom is 0.130 e. The highest BCUT2D eigenvalue weighted by Crippen LogP contribution is 2.02. The summed E-state index contributed by atoms with van der Waals surface area (Å²) < 4.78 is 0. The molecule has 0 radical (unpaired) electrons. The van der Waals surface area contributed by atoms with Crippen molar-refractivity contribution < 1.29 is 4.79 Å². The Bertz CT molecular complexity index is 285. The molecule has 0 amide bonds. The van der Waals surface area contributed by atoms with Gasteiger partial charge in [0.1, 0.15) is 5.78 Å². The number of carbonyl (C=O) groups excluding carboxylic acids is 1. The van der Waals surface area contributed by atoms with Gasteiger partial charge in [0.15, 0.2) is 0 Å². The highest BCUT2D eigenvalue weighted by Gasteiger charge is 1.88. The summed E-state index contributed by atoms with van der Waals surface area (Å²) in [6, 6.07) is 10.1. The molecule has 0 aliphatic heterocycles. The summed E-state index contributed by atoms with van der Waals surface area (Å²) in [6.07, 6.45) is 5.56. The van der Waals surface area contributed by atoms with Gasteiger partial charge >= 0.3 is 0 Å². The van der Waals surface area contributed by atoms with E-state index < -0.39 is 0 Å². The van der Waals surface area contributed by atoms with Crippen molar-refractivity contribution in [1.82, 2.24) is 0 Å². The summed E-state index contributed by atoms with van der Waals surface area (Å²) in [4.78, 5) is 10.6. The number of benzene rings is 1. The summed E-state index contributed by atoms with van der Waals surface area (Å²) in [5.41, 5.74) is 1.19. The molecule has 0 saturated carbocycles. The Kier molecular flexibility index (Phi) is 3.97. The summed E-state index contributed by atoms with van der Waals surface area (Å²) in [7, 11) is 0. The van der Waals surface area contributed by atoms with Crippen molar-refractivity contribution in [2.24, 2.45) is 0 Å². The van der Waals surface area contributed by atoms with Crippen molar-refractivity contribution in [2.45, 2.75) is 19.8 Å². The third-order valence-corrected chi connectivity index (χ3v) is 1.77. The normalized spacial score (nSPS) is 10.5. The van der Waals surface area contributed by atoms with Crippen molar-refractivity contribution in [3.05, 3.63) is 42.0 Å². The van der Waals surface area contributed by atoms with Gasteiger partial charge < -0.3 is 4.79 Å². The van der Waals surface area contributed by atoms with E-state index in [-0.39, 0.29) is 5.78 Å². The molecule has 0 atom stereocenters. The van der Waals surface area contributed by atoms with Crippen LogP contribution in [0.3, 0.4) is 0 Å². The number of hydrogen-bond acceptors (Lipinski definition) is 1. The van der Waals surface area contributed by atoms with E-state index >= 15 is 0 Å². The zero-order valence-electron chi connectivity index (χ0n) is 7.86. The van der Waals surface area contributed by atoms with Crippen LogP contribution in [0.2, 0.25) is 0 Å². The molecule has 0 heterocycles. The Balaban J connectivity index is 2.37. The highest BCUT2D eigenvalue weighted by molar-refractivity contribution is 5.75. The molecule has 1 rings (SSSR count). The predicted molar refractivity (Wildman–Crippen MR) is 55.4 cm³/mol. The number of Topliss-reactive ketones (excluding diaryl/α,β-unsaturated/α-hetero) is 1. The second-order valence-corrected chi connectivity index (χ2v) is 3.05. The Morgan fingerprint density at radius 3 is 2.62 bits per heavy atom. The summed E-state index contributed by atoms with van der Waals surface area (Å²) in [6.45, 7) is 1.62. The average molecular weight is 174 g/mol. The lowest BCUT2D eigenvalue weighted by Gasteiger charge is -1.91. The molecule has 0 aliphatic rings. The first-order valence-electron chi connectivity index (χ1n) is 4.50. The maximum atomic E-state index is 10.6. The molecule has 0 aliphatic carbocycles. The van der Waals surface area contributed by atoms with Gasteiger partial charge in [-0.2, -0.15) is 0 Å². The third-order valence-electron chi connectivity index (χ3n) is 1.77. The number of hydrogen-bond donors (Lipinski definition) is 0. The van der Waals surface area contributed by atoms with Gasteiger partial charge in [0.05, 0.1) is 0 Å². The molecule has 0 saturated heterocycles. The molecule has 0 N–H and O–H groups in total. The molecular weight excluding hydrogens is 160 g/mol. The van der Waals surface area contributed by atoms with E-state index in [9.17, 15) is 4.79 Å². The zero-order valence-corrected chi connectivity index (χ0v) is 7.86. The number of ketones is 1. The monoisotopic (exact) mass is 174 g/mol. The van der Waals surface area contributed by atoms with E-state index in [4.69, 9.17) is 0 Å². The van der Waals surface area contributed by atoms with Crippen LogP contribution in [-0.2, 0) is 4.79 Å². The van der Waals surface area contributed by atoms with Crippen LogP contribution < -0.4 is 0 Å². The molecule has 0 spiro atoms. The first-order valence-corrected chi connectivity index (χ1v) is 4.50. The van der Waals surface area contributed by atoms with E-state index in [0.717, 1.165) is 6.42 Å². The first kappa shape index (κ1) is 9.72. The molecule has 1 heteroatoms. The molecule has 1 aromatic carbocycles. The minimum atomic E-state index is 0.248. The van der Waals surface area contributed by atoms with Crippen LogP contribution in [-0.4, -0.2) is 5.78 Å². The van der Waals surface area contributed by atoms with Crippen LogP contribution >= 0.6 is 0 Å². The van der Waals surface area contributed by atoms with E-state index in [0.29, 0.717) is 6.42 Å². The molecule has 1 nitrogen and oxygen atoms in total. The number of allylic oxidation sites excluding steroid dienone is 1. The largest absolute Gasteiger partial charge is 0.300 e.